The molecule has 12 heteroatoms. The van der Waals surface area contributed by atoms with E-state index in [1.165, 1.54) is 49.4 Å². The zero-order valence-electron chi connectivity index (χ0n) is 20.3. The minimum Gasteiger partial charge on any atom is -0.493 e. The Morgan fingerprint density at radius 2 is 1.72 bits per heavy atom. The van der Waals surface area contributed by atoms with Crippen molar-refractivity contribution in [2.75, 3.05) is 11.3 Å². The molecule has 0 fully saturated rings. The Hall–Kier alpha value is -4.06. The van der Waals surface area contributed by atoms with E-state index in [1.807, 2.05) is 0 Å². The Labute approximate surface area is 220 Å². The molecule has 0 spiro atoms. The second-order valence-electron chi connectivity index (χ2n) is 8.90. The van der Waals surface area contributed by atoms with Crippen LogP contribution in [0, 0.1) is 18.7 Å². The molecule has 6 nitrogen and oxygen atoms in total. The summed E-state index contributed by atoms with van der Waals surface area (Å²) in [6, 6.07) is 13.6. The summed E-state index contributed by atoms with van der Waals surface area (Å²) in [6.07, 6.45) is -4.22. The number of ether oxygens (including phenoxy) is 1. The number of alkyl halides is 3. The van der Waals surface area contributed by atoms with Gasteiger partial charge in [-0.15, -0.1) is 0 Å². The van der Waals surface area contributed by atoms with Crippen molar-refractivity contribution in [2.24, 2.45) is 0 Å². The molecule has 2 aromatic heterocycles. The molecule has 202 valence electrons. The lowest BCUT2D eigenvalue weighted by Gasteiger charge is -2.28. The van der Waals surface area contributed by atoms with Gasteiger partial charge in [-0.05, 0) is 61.4 Å². The zero-order chi connectivity index (χ0) is 27.9. The van der Waals surface area contributed by atoms with Gasteiger partial charge in [0.1, 0.15) is 17.4 Å². The topological polar surface area (TPSA) is 81.2 Å². The van der Waals surface area contributed by atoms with Gasteiger partial charge in [-0.25, -0.2) is 17.8 Å². The van der Waals surface area contributed by atoms with Gasteiger partial charge in [-0.2, -0.15) is 17.6 Å². The fourth-order valence-corrected chi connectivity index (χ4v) is 5.49. The van der Waals surface area contributed by atoms with Gasteiger partial charge in [0.25, 0.3) is 10.0 Å². The second kappa shape index (κ2) is 9.92. The molecule has 0 unspecified atom stereocenters. The van der Waals surface area contributed by atoms with Crippen LogP contribution in [-0.4, -0.2) is 25.0 Å². The first-order chi connectivity index (χ1) is 18.4. The van der Waals surface area contributed by atoms with Crippen molar-refractivity contribution in [1.29, 1.82) is 0 Å². The van der Waals surface area contributed by atoms with E-state index in [2.05, 4.69) is 14.7 Å². The number of hydrogen-bond donors (Lipinski definition) is 1. The lowest BCUT2D eigenvalue weighted by Crippen LogP contribution is -2.19. The predicted molar refractivity (Wildman–Crippen MR) is 133 cm³/mol. The summed E-state index contributed by atoms with van der Waals surface area (Å²) in [5, 5.41) is 0. The molecule has 2 aromatic carbocycles. The molecule has 1 aliphatic heterocycles. The fourth-order valence-electron chi connectivity index (χ4n) is 4.47. The molecule has 3 heterocycles. The third-order valence-corrected chi connectivity index (χ3v) is 7.69. The van der Waals surface area contributed by atoms with Crippen molar-refractivity contribution in [3.05, 3.63) is 101 Å². The van der Waals surface area contributed by atoms with E-state index >= 15 is 0 Å². The standard InChI is InChI=1S/C27H20F5N3O3S/c1-15-22(28)9-10-23(33-15)21-13-16(27(30,31)32)5-7-18(21)19-11-12-38-24-14-17(6-8-20(19)24)39(36,37)35-26-4-2-3-25(29)34-26/h2-10,13-14,19H,11-12H2,1H3,(H,34,35)/t19-/m1/s1. The second-order valence-corrected chi connectivity index (χ2v) is 10.6. The van der Waals surface area contributed by atoms with Crippen molar-refractivity contribution >= 4 is 15.8 Å². The zero-order valence-corrected chi connectivity index (χ0v) is 21.1. The number of aromatic nitrogens is 2. The number of anilines is 1. The summed E-state index contributed by atoms with van der Waals surface area (Å²) < 4.78 is 102. The molecule has 1 atom stereocenters. The van der Waals surface area contributed by atoms with Gasteiger partial charge in [0, 0.05) is 23.1 Å². The first-order valence-electron chi connectivity index (χ1n) is 11.7. The largest absolute Gasteiger partial charge is 0.493 e. The fraction of sp³-hybridized carbons (Fsp3) is 0.185. The normalized spacial score (nSPS) is 15.4. The summed E-state index contributed by atoms with van der Waals surface area (Å²) >= 11 is 0. The smallest absolute Gasteiger partial charge is 0.416 e. The van der Waals surface area contributed by atoms with Crippen LogP contribution >= 0.6 is 0 Å². The Morgan fingerprint density at radius 3 is 2.44 bits per heavy atom. The summed E-state index contributed by atoms with van der Waals surface area (Å²) in [6.45, 7) is 1.58. The van der Waals surface area contributed by atoms with Gasteiger partial charge in [-0.3, -0.25) is 9.71 Å². The summed E-state index contributed by atoms with van der Waals surface area (Å²) in [4.78, 5) is 7.51. The molecular weight excluding hydrogens is 541 g/mol. The lowest BCUT2D eigenvalue weighted by molar-refractivity contribution is -0.137. The van der Waals surface area contributed by atoms with E-state index < -0.39 is 39.4 Å². The number of pyridine rings is 2. The van der Waals surface area contributed by atoms with E-state index in [4.69, 9.17) is 4.74 Å². The highest BCUT2D eigenvalue weighted by molar-refractivity contribution is 7.92. The number of benzene rings is 2. The maximum absolute atomic E-state index is 13.9. The van der Waals surface area contributed by atoms with Crippen molar-refractivity contribution in [3.8, 4) is 17.0 Å². The number of sulfonamides is 1. The van der Waals surface area contributed by atoms with Gasteiger partial charge >= 0.3 is 6.18 Å². The molecule has 0 radical (unpaired) electrons. The number of nitrogens with one attached hydrogen (secondary N) is 1. The van der Waals surface area contributed by atoms with Crippen LogP contribution in [0.25, 0.3) is 11.3 Å². The van der Waals surface area contributed by atoms with E-state index in [-0.39, 0.29) is 40.0 Å². The van der Waals surface area contributed by atoms with Crippen LogP contribution in [0.3, 0.4) is 0 Å². The molecule has 1 N–H and O–H groups in total. The Kier molecular flexibility index (Phi) is 6.75. The highest BCUT2D eigenvalue weighted by atomic mass is 32.2. The molecule has 39 heavy (non-hydrogen) atoms. The summed E-state index contributed by atoms with van der Waals surface area (Å²) in [5.41, 5.74) is 0.581. The lowest BCUT2D eigenvalue weighted by atomic mass is 9.82. The van der Waals surface area contributed by atoms with E-state index in [0.29, 0.717) is 17.5 Å². The maximum atomic E-state index is 13.9. The average Bonchev–Trinajstić information content (AvgIpc) is 2.88. The third-order valence-electron chi connectivity index (χ3n) is 6.34. The molecule has 0 aliphatic carbocycles. The van der Waals surface area contributed by atoms with E-state index in [0.717, 1.165) is 24.3 Å². The van der Waals surface area contributed by atoms with Crippen LogP contribution < -0.4 is 9.46 Å². The van der Waals surface area contributed by atoms with Crippen LogP contribution in [0.1, 0.15) is 34.7 Å². The first-order valence-corrected chi connectivity index (χ1v) is 13.2. The molecular formula is C27H20F5N3O3S. The molecule has 4 aromatic rings. The van der Waals surface area contributed by atoms with Crippen LogP contribution in [0.2, 0.25) is 0 Å². The van der Waals surface area contributed by atoms with Crippen LogP contribution in [0.4, 0.5) is 27.8 Å². The quantitative estimate of drug-likeness (QED) is 0.223. The number of halogens is 5. The molecule has 1 aliphatic rings. The average molecular weight is 562 g/mol. The molecule has 0 amide bonds. The third kappa shape index (κ3) is 5.42. The van der Waals surface area contributed by atoms with Gasteiger partial charge in [0.2, 0.25) is 5.95 Å². The van der Waals surface area contributed by atoms with Crippen LogP contribution in [-0.2, 0) is 16.2 Å². The number of nitrogens with zero attached hydrogens (tertiary/aromatic N) is 2. The highest BCUT2D eigenvalue weighted by Crippen LogP contribution is 2.44. The number of aryl methyl sites for hydroxylation is 1. The van der Waals surface area contributed by atoms with Crippen molar-refractivity contribution in [3.63, 3.8) is 0 Å². The Balaban J connectivity index is 1.57. The summed E-state index contributed by atoms with van der Waals surface area (Å²) in [7, 11) is -4.16. The number of fused-ring (bicyclic) bond motifs is 1. The van der Waals surface area contributed by atoms with Crippen molar-refractivity contribution in [1.82, 2.24) is 9.97 Å². The van der Waals surface area contributed by atoms with Gasteiger partial charge in [0.05, 0.1) is 28.5 Å². The summed E-state index contributed by atoms with van der Waals surface area (Å²) in [5.74, 6) is -1.88. The minimum atomic E-state index is -4.61. The highest BCUT2D eigenvalue weighted by Gasteiger charge is 2.33. The molecule has 5 rings (SSSR count). The van der Waals surface area contributed by atoms with Crippen molar-refractivity contribution in [2.45, 2.75) is 30.3 Å². The van der Waals surface area contributed by atoms with Gasteiger partial charge in [0.15, 0.2) is 0 Å². The number of hydrogen-bond acceptors (Lipinski definition) is 5. The van der Waals surface area contributed by atoms with Crippen LogP contribution in [0.15, 0.2) is 71.6 Å². The molecule has 0 saturated carbocycles. The molecule has 0 bridgehead atoms. The van der Waals surface area contributed by atoms with E-state index in [1.54, 1.807) is 0 Å². The Bertz CT molecular complexity index is 1680. The maximum Gasteiger partial charge on any atom is 0.416 e. The monoisotopic (exact) mass is 561 g/mol. The predicted octanol–water partition coefficient (Wildman–Crippen LogP) is 6.46. The minimum absolute atomic E-state index is 0.0402. The van der Waals surface area contributed by atoms with Crippen LogP contribution in [0.5, 0.6) is 5.75 Å². The number of rotatable bonds is 5. The van der Waals surface area contributed by atoms with Gasteiger partial charge < -0.3 is 4.74 Å². The Morgan fingerprint density at radius 1 is 0.949 bits per heavy atom. The molecule has 0 saturated heterocycles. The van der Waals surface area contributed by atoms with E-state index in [9.17, 15) is 30.4 Å². The van der Waals surface area contributed by atoms with Crippen molar-refractivity contribution < 1.29 is 35.1 Å². The first kappa shape index (κ1) is 26.5. The van der Waals surface area contributed by atoms with Gasteiger partial charge in [-0.1, -0.05) is 18.2 Å². The SMILES string of the molecule is Cc1nc(-c2cc(C(F)(F)F)ccc2[C@H]2CCOc3cc(S(=O)(=O)Nc4cccc(F)n4)ccc32)ccc1F.